The number of nitrogens with one attached hydrogen (secondary N) is 1. The number of methoxy groups -OCH3 is 2. The highest BCUT2D eigenvalue weighted by Crippen LogP contribution is 2.25. The summed E-state index contributed by atoms with van der Waals surface area (Å²) in [6, 6.07) is 7.61. The molecule has 0 aliphatic rings. The number of aromatic nitrogens is 2. The van der Waals surface area contributed by atoms with E-state index in [9.17, 15) is 0 Å². The maximum Gasteiger partial charge on any atom is 0.127 e. The maximum absolute atomic E-state index is 5.33. The number of hydrogen-bond donors (Lipinski definition) is 1. The van der Waals surface area contributed by atoms with Crippen LogP contribution in [0.15, 0.2) is 36.7 Å². The molecule has 2 aromatic rings. The number of rotatable bonds is 5. The number of ether oxygens (including phenoxy) is 2. The van der Waals surface area contributed by atoms with Gasteiger partial charge in [0.25, 0.3) is 0 Å². The van der Waals surface area contributed by atoms with Crippen molar-refractivity contribution in [2.75, 3.05) is 19.5 Å². The lowest BCUT2D eigenvalue weighted by Gasteiger charge is -2.11. The highest BCUT2D eigenvalue weighted by Gasteiger charge is 2.04. The second-order valence-electron chi connectivity index (χ2n) is 3.66. The van der Waals surface area contributed by atoms with Crippen LogP contribution in [0.25, 0.3) is 0 Å². The molecule has 1 N–H and O–H groups in total. The topological polar surface area (TPSA) is 56.3 Å². The average Bonchev–Trinajstić information content (AvgIpc) is 2.46. The number of anilines is 1. The molecule has 0 bridgehead atoms. The van der Waals surface area contributed by atoms with Gasteiger partial charge in [-0.2, -0.15) is 10.2 Å². The van der Waals surface area contributed by atoms with Gasteiger partial charge in [0, 0.05) is 18.2 Å². The second kappa shape index (κ2) is 5.86. The highest BCUT2D eigenvalue weighted by atomic mass is 16.5. The summed E-state index contributed by atoms with van der Waals surface area (Å²) in [5.41, 5.74) is 1.97. The van der Waals surface area contributed by atoms with Crippen molar-refractivity contribution in [3.05, 3.63) is 42.2 Å². The largest absolute Gasteiger partial charge is 0.497 e. The molecule has 1 heterocycles. The SMILES string of the molecule is COc1ccc(CNc2ccnnc2)c(OC)c1. The van der Waals surface area contributed by atoms with Gasteiger partial charge < -0.3 is 14.8 Å². The maximum atomic E-state index is 5.33. The average molecular weight is 245 g/mol. The summed E-state index contributed by atoms with van der Waals surface area (Å²) in [6.45, 7) is 0.652. The molecule has 0 radical (unpaired) electrons. The summed E-state index contributed by atoms with van der Waals surface area (Å²) in [5.74, 6) is 1.57. The minimum Gasteiger partial charge on any atom is -0.497 e. The molecule has 1 aromatic heterocycles. The van der Waals surface area contributed by atoms with Crippen LogP contribution in [0.1, 0.15) is 5.56 Å². The van der Waals surface area contributed by atoms with Crippen molar-refractivity contribution >= 4 is 5.69 Å². The lowest BCUT2D eigenvalue weighted by atomic mass is 10.2. The second-order valence-corrected chi connectivity index (χ2v) is 3.66. The number of benzene rings is 1. The summed E-state index contributed by atoms with van der Waals surface area (Å²) >= 11 is 0. The van der Waals surface area contributed by atoms with Crippen molar-refractivity contribution in [2.45, 2.75) is 6.54 Å². The van der Waals surface area contributed by atoms with Crippen LogP contribution < -0.4 is 14.8 Å². The fraction of sp³-hybridized carbons (Fsp3) is 0.231. The molecule has 0 aliphatic carbocycles. The van der Waals surface area contributed by atoms with E-state index in [-0.39, 0.29) is 0 Å². The third-order valence-electron chi connectivity index (χ3n) is 2.56. The number of hydrogen-bond acceptors (Lipinski definition) is 5. The number of nitrogens with zero attached hydrogens (tertiary/aromatic N) is 2. The zero-order valence-electron chi connectivity index (χ0n) is 10.4. The third kappa shape index (κ3) is 2.88. The fourth-order valence-electron chi connectivity index (χ4n) is 1.59. The molecule has 0 fully saturated rings. The van der Waals surface area contributed by atoms with Gasteiger partial charge in [0.2, 0.25) is 0 Å². The Hall–Kier alpha value is -2.30. The molecule has 0 atom stereocenters. The van der Waals surface area contributed by atoms with Crippen LogP contribution in [0.4, 0.5) is 5.69 Å². The van der Waals surface area contributed by atoms with Gasteiger partial charge in [-0.05, 0) is 18.2 Å². The van der Waals surface area contributed by atoms with Gasteiger partial charge in [-0.15, -0.1) is 0 Å². The van der Waals surface area contributed by atoms with E-state index >= 15 is 0 Å². The Kier molecular flexibility index (Phi) is 3.96. The van der Waals surface area contributed by atoms with Crippen molar-refractivity contribution in [1.29, 1.82) is 0 Å². The Morgan fingerprint density at radius 3 is 2.67 bits per heavy atom. The van der Waals surface area contributed by atoms with Crippen LogP contribution >= 0.6 is 0 Å². The Bertz CT molecular complexity index is 503. The molecule has 0 aliphatic heterocycles. The zero-order valence-corrected chi connectivity index (χ0v) is 10.4. The summed E-state index contributed by atoms with van der Waals surface area (Å²) in [7, 11) is 3.28. The van der Waals surface area contributed by atoms with E-state index in [2.05, 4.69) is 15.5 Å². The predicted octanol–water partition coefficient (Wildman–Crippen LogP) is 2.11. The van der Waals surface area contributed by atoms with E-state index in [4.69, 9.17) is 9.47 Å². The van der Waals surface area contributed by atoms with Crippen LogP contribution in [-0.2, 0) is 6.54 Å². The van der Waals surface area contributed by atoms with E-state index in [1.807, 2.05) is 24.3 Å². The molecule has 2 rings (SSSR count). The molecule has 5 heteroatoms. The van der Waals surface area contributed by atoms with Crippen LogP contribution in [0.5, 0.6) is 11.5 Å². The lowest BCUT2D eigenvalue weighted by Crippen LogP contribution is -2.02. The molecule has 0 spiro atoms. The molecular formula is C13H15N3O2. The molecule has 0 unspecified atom stereocenters. The Balaban J connectivity index is 2.09. The first-order valence-corrected chi connectivity index (χ1v) is 5.55. The van der Waals surface area contributed by atoms with Crippen LogP contribution in [0, 0.1) is 0 Å². The normalized spacial score (nSPS) is 9.89. The highest BCUT2D eigenvalue weighted by molar-refractivity contribution is 5.45. The zero-order chi connectivity index (χ0) is 12.8. The van der Waals surface area contributed by atoms with Gasteiger partial charge in [-0.25, -0.2) is 0 Å². The molecule has 0 saturated carbocycles. The van der Waals surface area contributed by atoms with Gasteiger partial charge in [0.15, 0.2) is 0 Å². The quantitative estimate of drug-likeness (QED) is 0.874. The van der Waals surface area contributed by atoms with Gasteiger partial charge in [-0.1, -0.05) is 0 Å². The van der Waals surface area contributed by atoms with Gasteiger partial charge in [0.05, 0.1) is 32.3 Å². The molecule has 18 heavy (non-hydrogen) atoms. The first-order valence-electron chi connectivity index (χ1n) is 5.55. The molecule has 1 aromatic carbocycles. The standard InChI is InChI=1S/C13H15N3O2/c1-17-12-4-3-10(13(7-12)18-2)8-14-11-5-6-15-16-9-11/h3-7,9H,8H2,1-2H3,(H,14,15). The lowest BCUT2D eigenvalue weighted by molar-refractivity contribution is 0.391. The van der Waals surface area contributed by atoms with Crippen molar-refractivity contribution < 1.29 is 9.47 Å². The van der Waals surface area contributed by atoms with E-state index in [1.165, 1.54) is 0 Å². The molecule has 0 amide bonds. The van der Waals surface area contributed by atoms with Crippen molar-refractivity contribution in [2.24, 2.45) is 0 Å². The van der Waals surface area contributed by atoms with E-state index in [0.29, 0.717) is 6.54 Å². The predicted molar refractivity (Wildman–Crippen MR) is 68.9 cm³/mol. The van der Waals surface area contributed by atoms with Crippen LogP contribution in [0.2, 0.25) is 0 Å². The summed E-state index contributed by atoms with van der Waals surface area (Å²) in [5, 5.41) is 10.8. The minimum atomic E-state index is 0.652. The van der Waals surface area contributed by atoms with Crippen molar-refractivity contribution in [3.8, 4) is 11.5 Å². The van der Waals surface area contributed by atoms with Crippen LogP contribution in [-0.4, -0.2) is 24.4 Å². The van der Waals surface area contributed by atoms with E-state index in [0.717, 1.165) is 22.7 Å². The summed E-state index contributed by atoms with van der Waals surface area (Å²) in [6.07, 6.45) is 3.32. The molecular weight excluding hydrogens is 230 g/mol. The van der Waals surface area contributed by atoms with Crippen molar-refractivity contribution in [3.63, 3.8) is 0 Å². The van der Waals surface area contributed by atoms with Gasteiger partial charge >= 0.3 is 0 Å². The Labute approximate surface area is 106 Å². The molecule has 5 nitrogen and oxygen atoms in total. The van der Waals surface area contributed by atoms with Crippen molar-refractivity contribution in [1.82, 2.24) is 10.2 Å². The monoisotopic (exact) mass is 245 g/mol. The Morgan fingerprint density at radius 2 is 2.00 bits per heavy atom. The smallest absolute Gasteiger partial charge is 0.127 e. The van der Waals surface area contributed by atoms with E-state index in [1.54, 1.807) is 26.6 Å². The minimum absolute atomic E-state index is 0.652. The Morgan fingerprint density at radius 1 is 1.11 bits per heavy atom. The summed E-state index contributed by atoms with van der Waals surface area (Å²) in [4.78, 5) is 0. The van der Waals surface area contributed by atoms with Crippen LogP contribution in [0.3, 0.4) is 0 Å². The fourth-order valence-corrected chi connectivity index (χ4v) is 1.59. The van der Waals surface area contributed by atoms with E-state index < -0.39 is 0 Å². The summed E-state index contributed by atoms with van der Waals surface area (Å²) < 4.78 is 10.5. The molecule has 94 valence electrons. The molecule has 0 saturated heterocycles. The third-order valence-corrected chi connectivity index (χ3v) is 2.56. The van der Waals surface area contributed by atoms with Gasteiger partial charge in [0.1, 0.15) is 11.5 Å². The first kappa shape index (κ1) is 12.2. The van der Waals surface area contributed by atoms with Gasteiger partial charge in [-0.3, -0.25) is 0 Å². The first-order chi connectivity index (χ1) is 8.83.